The van der Waals surface area contributed by atoms with Gasteiger partial charge >= 0.3 is 0 Å². The van der Waals surface area contributed by atoms with Crippen molar-refractivity contribution in [2.24, 2.45) is 0 Å². The van der Waals surface area contributed by atoms with Crippen LogP contribution in [-0.2, 0) is 26.1 Å². The first-order valence-corrected chi connectivity index (χ1v) is 7.77. The van der Waals surface area contributed by atoms with E-state index in [0.717, 1.165) is 53.2 Å². The first-order valence-electron chi connectivity index (χ1n) is 6.51. The molecular formula is C13H19ClN4S. The summed E-state index contributed by atoms with van der Waals surface area (Å²) in [6.07, 6.45) is 0.865. The molecule has 0 fully saturated rings. The summed E-state index contributed by atoms with van der Waals surface area (Å²) >= 11 is 8.03. The summed E-state index contributed by atoms with van der Waals surface area (Å²) < 4.78 is 1.97. The molecule has 0 saturated carbocycles. The van der Waals surface area contributed by atoms with Gasteiger partial charge in [0.2, 0.25) is 0 Å². The number of thiazole rings is 1. The van der Waals surface area contributed by atoms with Crippen molar-refractivity contribution in [3.8, 4) is 0 Å². The Hall–Kier alpha value is -0.910. The van der Waals surface area contributed by atoms with Crippen molar-refractivity contribution in [1.82, 2.24) is 20.1 Å². The van der Waals surface area contributed by atoms with Crippen molar-refractivity contribution >= 4 is 22.9 Å². The van der Waals surface area contributed by atoms with Crippen LogP contribution in [-0.4, -0.2) is 14.8 Å². The molecule has 0 aliphatic rings. The SMILES string of the molecule is CCc1nn(CC)c(CNCc2csc(C)n2)c1Cl. The highest BCUT2D eigenvalue weighted by Crippen LogP contribution is 2.21. The highest BCUT2D eigenvalue weighted by molar-refractivity contribution is 7.09. The first-order chi connectivity index (χ1) is 9.15. The minimum Gasteiger partial charge on any atom is -0.305 e. The number of hydrogen-bond donors (Lipinski definition) is 1. The number of nitrogens with zero attached hydrogens (tertiary/aromatic N) is 3. The smallest absolute Gasteiger partial charge is 0.0897 e. The molecule has 0 spiro atoms. The Balaban J connectivity index is 2.00. The van der Waals surface area contributed by atoms with Gasteiger partial charge in [0.25, 0.3) is 0 Å². The summed E-state index contributed by atoms with van der Waals surface area (Å²) in [7, 11) is 0. The van der Waals surface area contributed by atoms with E-state index in [1.165, 1.54) is 0 Å². The molecule has 2 aromatic heterocycles. The van der Waals surface area contributed by atoms with Gasteiger partial charge < -0.3 is 5.32 Å². The van der Waals surface area contributed by atoms with Gasteiger partial charge in [0, 0.05) is 25.0 Å². The number of aryl methyl sites for hydroxylation is 3. The second-order valence-corrected chi connectivity index (χ2v) is 5.78. The van der Waals surface area contributed by atoms with Crippen molar-refractivity contribution in [2.45, 2.75) is 46.8 Å². The van der Waals surface area contributed by atoms with Gasteiger partial charge in [0.15, 0.2) is 0 Å². The maximum atomic E-state index is 6.36. The lowest BCUT2D eigenvalue weighted by Crippen LogP contribution is -2.16. The average Bonchev–Trinajstić information content (AvgIpc) is 2.94. The number of nitrogens with one attached hydrogen (secondary N) is 1. The Labute approximate surface area is 122 Å². The third kappa shape index (κ3) is 3.35. The molecule has 19 heavy (non-hydrogen) atoms. The van der Waals surface area contributed by atoms with Crippen LogP contribution in [0, 0.1) is 6.92 Å². The molecule has 6 heteroatoms. The van der Waals surface area contributed by atoms with Gasteiger partial charge in [-0.1, -0.05) is 18.5 Å². The zero-order valence-corrected chi connectivity index (χ0v) is 13.1. The van der Waals surface area contributed by atoms with Crippen LogP contribution in [0.1, 0.15) is 35.9 Å². The molecule has 0 aliphatic heterocycles. The van der Waals surface area contributed by atoms with Crippen LogP contribution in [0.25, 0.3) is 0 Å². The Kier molecular flexibility index (Phi) is 4.96. The van der Waals surface area contributed by atoms with Crippen LogP contribution in [0.15, 0.2) is 5.38 Å². The van der Waals surface area contributed by atoms with Crippen LogP contribution >= 0.6 is 22.9 Å². The summed E-state index contributed by atoms with van der Waals surface area (Å²) in [5, 5.41) is 11.9. The van der Waals surface area contributed by atoms with Gasteiger partial charge in [-0.05, 0) is 20.3 Å². The fourth-order valence-corrected chi connectivity index (χ4v) is 2.93. The molecule has 0 aromatic carbocycles. The van der Waals surface area contributed by atoms with E-state index in [-0.39, 0.29) is 0 Å². The summed E-state index contributed by atoms with van der Waals surface area (Å²) in [6.45, 7) is 8.49. The zero-order chi connectivity index (χ0) is 13.8. The molecule has 0 aliphatic carbocycles. The standard InChI is InChI=1S/C13H19ClN4S/c1-4-11-13(14)12(18(5-2)17-11)7-15-6-10-8-19-9(3)16-10/h8,15H,4-7H2,1-3H3. The fourth-order valence-electron chi connectivity index (χ4n) is 1.98. The van der Waals surface area contributed by atoms with Gasteiger partial charge in [-0.15, -0.1) is 11.3 Å². The predicted octanol–water partition coefficient (Wildman–Crippen LogP) is 3.17. The zero-order valence-electron chi connectivity index (χ0n) is 11.5. The summed E-state index contributed by atoms with van der Waals surface area (Å²) in [6, 6.07) is 0. The van der Waals surface area contributed by atoms with Gasteiger partial charge in [-0.3, -0.25) is 4.68 Å². The molecule has 2 rings (SSSR count). The molecule has 0 bridgehead atoms. The Bertz CT molecular complexity index is 547. The number of hydrogen-bond acceptors (Lipinski definition) is 4. The second kappa shape index (κ2) is 6.50. The normalized spacial score (nSPS) is 11.2. The lowest BCUT2D eigenvalue weighted by Gasteiger charge is -2.06. The summed E-state index contributed by atoms with van der Waals surface area (Å²) in [5.41, 5.74) is 3.12. The summed E-state index contributed by atoms with van der Waals surface area (Å²) in [4.78, 5) is 4.43. The topological polar surface area (TPSA) is 42.7 Å². The maximum absolute atomic E-state index is 6.36. The van der Waals surface area contributed by atoms with Crippen LogP contribution in [0.3, 0.4) is 0 Å². The number of rotatable bonds is 6. The van der Waals surface area contributed by atoms with Crippen molar-refractivity contribution in [3.63, 3.8) is 0 Å². The second-order valence-electron chi connectivity index (χ2n) is 4.34. The van der Waals surface area contributed by atoms with E-state index in [2.05, 4.69) is 34.6 Å². The minimum atomic E-state index is 0.718. The fraction of sp³-hybridized carbons (Fsp3) is 0.538. The number of halogens is 1. The quantitative estimate of drug-likeness (QED) is 0.891. The molecule has 0 radical (unpaired) electrons. The molecule has 0 saturated heterocycles. The van der Waals surface area contributed by atoms with Crippen LogP contribution in [0.4, 0.5) is 0 Å². The number of aromatic nitrogens is 3. The van der Waals surface area contributed by atoms with Crippen LogP contribution < -0.4 is 5.32 Å². The molecule has 1 N–H and O–H groups in total. The van der Waals surface area contributed by atoms with Crippen molar-refractivity contribution in [1.29, 1.82) is 0 Å². The van der Waals surface area contributed by atoms with Gasteiger partial charge in [0.1, 0.15) is 0 Å². The van der Waals surface area contributed by atoms with E-state index in [1.807, 2.05) is 11.6 Å². The molecule has 104 valence electrons. The van der Waals surface area contributed by atoms with Gasteiger partial charge in [0.05, 0.1) is 27.1 Å². The monoisotopic (exact) mass is 298 g/mol. The van der Waals surface area contributed by atoms with E-state index in [0.29, 0.717) is 0 Å². The van der Waals surface area contributed by atoms with Crippen LogP contribution in [0.2, 0.25) is 5.02 Å². The highest BCUT2D eigenvalue weighted by Gasteiger charge is 2.13. The van der Waals surface area contributed by atoms with Crippen molar-refractivity contribution < 1.29 is 0 Å². The minimum absolute atomic E-state index is 0.718. The van der Waals surface area contributed by atoms with E-state index in [1.54, 1.807) is 11.3 Å². The Morgan fingerprint density at radius 3 is 2.74 bits per heavy atom. The van der Waals surface area contributed by atoms with E-state index < -0.39 is 0 Å². The molecule has 2 aromatic rings. The Morgan fingerprint density at radius 2 is 2.16 bits per heavy atom. The third-order valence-electron chi connectivity index (χ3n) is 2.96. The van der Waals surface area contributed by atoms with Crippen LogP contribution in [0.5, 0.6) is 0 Å². The molecule has 0 amide bonds. The summed E-state index contributed by atoms with van der Waals surface area (Å²) in [5.74, 6) is 0. The third-order valence-corrected chi connectivity index (χ3v) is 4.22. The molecule has 0 atom stereocenters. The van der Waals surface area contributed by atoms with Gasteiger partial charge in [-0.25, -0.2) is 4.98 Å². The molecule has 4 nitrogen and oxygen atoms in total. The highest BCUT2D eigenvalue weighted by atomic mass is 35.5. The lowest BCUT2D eigenvalue weighted by molar-refractivity contribution is 0.575. The van der Waals surface area contributed by atoms with Crippen molar-refractivity contribution in [3.05, 3.63) is 32.5 Å². The largest absolute Gasteiger partial charge is 0.305 e. The van der Waals surface area contributed by atoms with Gasteiger partial charge in [-0.2, -0.15) is 5.10 Å². The molecular weight excluding hydrogens is 280 g/mol. The molecule has 0 unspecified atom stereocenters. The molecule has 2 heterocycles. The Morgan fingerprint density at radius 1 is 1.37 bits per heavy atom. The van der Waals surface area contributed by atoms with E-state index in [4.69, 9.17) is 11.6 Å². The van der Waals surface area contributed by atoms with Crippen molar-refractivity contribution in [2.75, 3.05) is 0 Å². The predicted molar refractivity (Wildman–Crippen MR) is 79.7 cm³/mol. The lowest BCUT2D eigenvalue weighted by atomic mass is 10.3. The first kappa shape index (κ1) is 14.5. The van der Waals surface area contributed by atoms with E-state index in [9.17, 15) is 0 Å². The average molecular weight is 299 g/mol. The maximum Gasteiger partial charge on any atom is 0.0897 e. The van der Waals surface area contributed by atoms with E-state index >= 15 is 0 Å².